The van der Waals surface area contributed by atoms with Crippen molar-refractivity contribution in [3.63, 3.8) is 0 Å². The maximum atomic E-state index is 13.5. The normalized spacial score (nSPS) is 12.4. The molecule has 0 bridgehead atoms. The molecular formula is C14H10Br2F2. The maximum Gasteiger partial charge on any atom is 0.137 e. The lowest BCUT2D eigenvalue weighted by atomic mass is 10.0. The summed E-state index contributed by atoms with van der Waals surface area (Å²) in [5.41, 5.74) is 1.40. The second-order valence-corrected chi connectivity index (χ2v) is 5.90. The van der Waals surface area contributed by atoms with Gasteiger partial charge in [0.05, 0.1) is 4.47 Å². The molecule has 2 aromatic carbocycles. The van der Waals surface area contributed by atoms with Crippen LogP contribution in [0.3, 0.4) is 0 Å². The number of hydrogen-bond donors (Lipinski definition) is 0. The number of rotatable bonds is 3. The molecule has 0 aliphatic carbocycles. The molecule has 0 saturated carbocycles. The zero-order valence-corrected chi connectivity index (χ0v) is 12.5. The molecule has 0 heterocycles. The number of alkyl halides is 1. The summed E-state index contributed by atoms with van der Waals surface area (Å²) in [6.07, 6.45) is 0.480. The highest BCUT2D eigenvalue weighted by Gasteiger charge is 2.12. The minimum atomic E-state index is -0.314. The lowest BCUT2D eigenvalue weighted by Gasteiger charge is -2.11. The first-order valence-corrected chi connectivity index (χ1v) is 7.11. The molecule has 0 spiro atoms. The van der Waals surface area contributed by atoms with E-state index in [0.717, 1.165) is 5.56 Å². The Hall–Kier alpha value is -0.740. The van der Waals surface area contributed by atoms with Crippen LogP contribution in [0.15, 0.2) is 46.9 Å². The third kappa shape index (κ3) is 3.18. The molecule has 2 aromatic rings. The van der Waals surface area contributed by atoms with Crippen LogP contribution in [-0.4, -0.2) is 0 Å². The predicted octanol–water partition coefficient (Wildman–Crippen LogP) is 5.41. The van der Waals surface area contributed by atoms with Gasteiger partial charge in [-0.05, 0) is 51.7 Å². The predicted molar refractivity (Wildman–Crippen MR) is 75.9 cm³/mol. The van der Waals surface area contributed by atoms with Crippen LogP contribution in [0.5, 0.6) is 0 Å². The van der Waals surface area contributed by atoms with Gasteiger partial charge in [-0.3, -0.25) is 0 Å². The van der Waals surface area contributed by atoms with Gasteiger partial charge in [0.25, 0.3) is 0 Å². The zero-order chi connectivity index (χ0) is 13.1. The Labute approximate surface area is 121 Å². The molecule has 0 aliphatic heterocycles. The van der Waals surface area contributed by atoms with Crippen molar-refractivity contribution in [1.29, 1.82) is 0 Å². The third-order valence-electron chi connectivity index (χ3n) is 2.66. The minimum absolute atomic E-state index is 0.114. The topological polar surface area (TPSA) is 0 Å². The van der Waals surface area contributed by atoms with Crippen molar-refractivity contribution in [2.24, 2.45) is 0 Å². The fourth-order valence-electron chi connectivity index (χ4n) is 1.68. The molecule has 0 amide bonds. The van der Waals surface area contributed by atoms with Crippen LogP contribution in [-0.2, 0) is 6.42 Å². The second-order valence-electron chi connectivity index (χ2n) is 3.94. The lowest BCUT2D eigenvalue weighted by Crippen LogP contribution is -1.98. The first kappa shape index (κ1) is 13.7. The fourth-order valence-corrected chi connectivity index (χ4v) is 2.56. The quantitative estimate of drug-likeness (QED) is 0.629. The van der Waals surface area contributed by atoms with Crippen molar-refractivity contribution in [1.82, 2.24) is 0 Å². The molecule has 1 unspecified atom stereocenters. The van der Waals surface area contributed by atoms with E-state index in [1.54, 1.807) is 24.3 Å². The van der Waals surface area contributed by atoms with Gasteiger partial charge in [-0.1, -0.05) is 40.2 Å². The van der Waals surface area contributed by atoms with E-state index in [2.05, 4.69) is 31.9 Å². The second kappa shape index (κ2) is 5.93. The highest BCUT2D eigenvalue weighted by Crippen LogP contribution is 2.30. The van der Waals surface area contributed by atoms with Gasteiger partial charge in [0.1, 0.15) is 11.6 Å². The van der Waals surface area contributed by atoms with E-state index in [1.165, 1.54) is 12.1 Å². The van der Waals surface area contributed by atoms with Crippen LogP contribution in [0, 0.1) is 11.6 Å². The van der Waals surface area contributed by atoms with E-state index >= 15 is 0 Å². The third-order valence-corrected chi connectivity index (χ3v) is 4.16. The van der Waals surface area contributed by atoms with E-state index in [0.29, 0.717) is 16.5 Å². The van der Waals surface area contributed by atoms with Gasteiger partial charge in [-0.25, -0.2) is 8.78 Å². The molecule has 1 atom stereocenters. The van der Waals surface area contributed by atoms with Crippen LogP contribution in [0.25, 0.3) is 0 Å². The van der Waals surface area contributed by atoms with Crippen molar-refractivity contribution >= 4 is 31.9 Å². The molecule has 2 rings (SSSR count). The SMILES string of the molecule is Fc1cc(C(Br)Cc2ccccc2F)ccc1Br. The average molecular weight is 376 g/mol. The van der Waals surface area contributed by atoms with Gasteiger partial charge in [0.2, 0.25) is 0 Å². The summed E-state index contributed by atoms with van der Waals surface area (Å²) in [4.78, 5) is -0.114. The van der Waals surface area contributed by atoms with Crippen molar-refractivity contribution in [2.75, 3.05) is 0 Å². The van der Waals surface area contributed by atoms with Crippen molar-refractivity contribution in [3.05, 3.63) is 69.7 Å². The zero-order valence-electron chi connectivity index (χ0n) is 9.34. The van der Waals surface area contributed by atoms with E-state index < -0.39 is 0 Å². The van der Waals surface area contributed by atoms with Crippen LogP contribution in [0.4, 0.5) is 8.78 Å². The summed E-state index contributed by atoms with van der Waals surface area (Å²) in [5.74, 6) is -0.551. The first-order chi connectivity index (χ1) is 8.58. The minimum Gasteiger partial charge on any atom is -0.207 e. The Bertz CT molecular complexity index is 555. The van der Waals surface area contributed by atoms with Crippen molar-refractivity contribution in [3.8, 4) is 0 Å². The molecule has 0 radical (unpaired) electrons. The summed E-state index contributed by atoms with van der Waals surface area (Å²) < 4.78 is 27.4. The Kier molecular flexibility index (Phi) is 4.51. The molecule has 0 aromatic heterocycles. The number of halogens is 4. The molecule has 0 saturated heterocycles. The van der Waals surface area contributed by atoms with Crippen molar-refractivity contribution in [2.45, 2.75) is 11.2 Å². The molecule has 0 nitrogen and oxygen atoms in total. The van der Waals surface area contributed by atoms with Crippen molar-refractivity contribution < 1.29 is 8.78 Å². The summed E-state index contributed by atoms with van der Waals surface area (Å²) in [6, 6.07) is 11.5. The van der Waals surface area contributed by atoms with Crippen LogP contribution in [0.2, 0.25) is 0 Å². The first-order valence-electron chi connectivity index (χ1n) is 5.40. The highest BCUT2D eigenvalue weighted by atomic mass is 79.9. The highest BCUT2D eigenvalue weighted by molar-refractivity contribution is 9.10. The summed E-state index contributed by atoms with van der Waals surface area (Å²) in [7, 11) is 0. The molecule has 94 valence electrons. The number of hydrogen-bond acceptors (Lipinski definition) is 0. The molecule has 0 aliphatic rings. The summed E-state index contributed by atoms with van der Waals surface area (Å²) >= 11 is 6.57. The Morgan fingerprint density at radius 3 is 2.39 bits per heavy atom. The maximum absolute atomic E-state index is 13.5. The molecule has 4 heteroatoms. The largest absolute Gasteiger partial charge is 0.207 e. The number of benzene rings is 2. The Morgan fingerprint density at radius 1 is 1.00 bits per heavy atom. The van der Waals surface area contributed by atoms with Crippen LogP contribution in [0.1, 0.15) is 16.0 Å². The lowest BCUT2D eigenvalue weighted by molar-refractivity contribution is 0.606. The van der Waals surface area contributed by atoms with Gasteiger partial charge in [-0.2, -0.15) is 0 Å². The summed E-state index contributed by atoms with van der Waals surface area (Å²) in [5, 5.41) is 0. The average Bonchev–Trinajstić information content (AvgIpc) is 2.35. The van der Waals surface area contributed by atoms with E-state index in [-0.39, 0.29) is 16.5 Å². The molecule has 0 N–H and O–H groups in total. The molecule has 0 fully saturated rings. The smallest absolute Gasteiger partial charge is 0.137 e. The van der Waals surface area contributed by atoms with E-state index in [4.69, 9.17) is 0 Å². The van der Waals surface area contributed by atoms with Gasteiger partial charge in [0, 0.05) is 4.83 Å². The van der Waals surface area contributed by atoms with Gasteiger partial charge in [0.15, 0.2) is 0 Å². The monoisotopic (exact) mass is 374 g/mol. The Morgan fingerprint density at radius 2 is 1.72 bits per heavy atom. The van der Waals surface area contributed by atoms with Gasteiger partial charge in [-0.15, -0.1) is 0 Å². The van der Waals surface area contributed by atoms with Crippen LogP contribution < -0.4 is 0 Å². The van der Waals surface area contributed by atoms with Gasteiger partial charge < -0.3 is 0 Å². The molecular weight excluding hydrogens is 366 g/mol. The summed E-state index contributed by atoms with van der Waals surface area (Å²) in [6.45, 7) is 0. The molecule has 18 heavy (non-hydrogen) atoms. The van der Waals surface area contributed by atoms with E-state index in [9.17, 15) is 8.78 Å². The standard InChI is InChI=1S/C14H10Br2F2/c15-11-6-5-9(8-14(11)18)12(16)7-10-3-1-2-4-13(10)17/h1-6,8,12H,7H2. The Balaban J connectivity index is 2.19. The van der Waals surface area contributed by atoms with E-state index in [1.807, 2.05) is 6.07 Å². The van der Waals surface area contributed by atoms with Crippen LogP contribution >= 0.6 is 31.9 Å². The fraction of sp³-hybridized carbons (Fsp3) is 0.143. The van der Waals surface area contributed by atoms with Gasteiger partial charge >= 0.3 is 0 Å².